The van der Waals surface area contributed by atoms with E-state index < -0.39 is 30.0 Å². The number of hydrogen-bond acceptors (Lipinski definition) is 6. The molecule has 5 N–H and O–H groups in total. The molecule has 0 aliphatic carbocycles. The van der Waals surface area contributed by atoms with Crippen LogP contribution in [0, 0.1) is 0 Å². The minimum atomic E-state index is -1.23. The van der Waals surface area contributed by atoms with Crippen molar-refractivity contribution < 1.29 is 29.5 Å². The molecule has 0 aromatic heterocycles. The number of aliphatic hydroxyl groups is 1. The van der Waals surface area contributed by atoms with Crippen LogP contribution in [0.5, 0.6) is 0 Å². The van der Waals surface area contributed by atoms with Crippen LogP contribution in [0.15, 0.2) is 48.5 Å². The number of rotatable bonds is 13. The number of nitrogens with zero attached hydrogens (tertiary/aromatic N) is 2. The monoisotopic (exact) mass is 569 g/mol. The quantitative estimate of drug-likeness (QED) is 0.142. The van der Waals surface area contributed by atoms with E-state index in [1.807, 2.05) is 24.3 Å². The van der Waals surface area contributed by atoms with Crippen molar-refractivity contribution in [1.29, 1.82) is 0 Å². The number of hydrogen-bond donors (Lipinski definition) is 5. The van der Waals surface area contributed by atoms with Crippen molar-refractivity contribution in [1.82, 2.24) is 25.9 Å². The molecule has 5 amide bonds. The van der Waals surface area contributed by atoms with Crippen molar-refractivity contribution in [2.75, 3.05) is 32.7 Å². The standard InChI is InChI=1S/C29H39N5O6.CH4/c1-3-21-7-9-22(10-8-21)23-11-13-24(14-12-23)27(37)32-26(20(2)35)28(38)30-16-19-34(40)29(39)31-15-5-18-33-17-4-6-25(33)36;/h7-14,20,26,35,40H,3-6,15-19H2,1-2H3,(H,30,38)(H,31,39)(H,32,37);1H4/t20-,26+;/m1./s1. The molecule has 224 valence electrons. The molecule has 1 fully saturated rings. The van der Waals surface area contributed by atoms with Gasteiger partial charge in [-0.05, 0) is 55.0 Å². The number of likely N-dealkylation sites (tertiary alicyclic amines) is 1. The summed E-state index contributed by atoms with van der Waals surface area (Å²) in [6.07, 6.45) is 1.74. The number of aliphatic hydroxyl groups excluding tert-OH is 1. The van der Waals surface area contributed by atoms with Crippen LogP contribution >= 0.6 is 0 Å². The number of hydroxylamine groups is 2. The van der Waals surface area contributed by atoms with Gasteiger partial charge in [-0.2, -0.15) is 0 Å². The van der Waals surface area contributed by atoms with E-state index in [0.29, 0.717) is 30.0 Å². The van der Waals surface area contributed by atoms with Crippen LogP contribution in [0.1, 0.15) is 56.5 Å². The molecule has 1 heterocycles. The summed E-state index contributed by atoms with van der Waals surface area (Å²) < 4.78 is 0. The van der Waals surface area contributed by atoms with Crippen LogP contribution in [-0.2, 0) is 16.0 Å². The molecule has 0 saturated carbocycles. The van der Waals surface area contributed by atoms with Crippen molar-refractivity contribution in [3.05, 3.63) is 59.7 Å². The van der Waals surface area contributed by atoms with Crippen LogP contribution in [0.4, 0.5) is 4.79 Å². The normalized spacial score (nSPS) is 14.0. The third kappa shape index (κ3) is 9.87. The molecule has 0 bridgehead atoms. The maximum Gasteiger partial charge on any atom is 0.341 e. The molecule has 0 spiro atoms. The lowest BCUT2D eigenvalue weighted by atomic mass is 10.0. The van der Waals surface area contributed by atoms with Crippen molar-refractivity contribution in [2.45, 2.75) is 59.1 Å². The highest BCUT2D eigenvalue weighted by Gasteiger charge is 2.26. The number of amides is 5. The molecule has 3 rings (SSSR count). The number of urea groups is 1. The lowest BCUT2D eigenvalue weighted by Crippen LogP contribution is -2.53. The zero-order valence-corrected chi connectivity index (χ0v) is 23.1. The molecule has 1 aliphatic heterocycles. The van der Waals surface area contributed by atoms with E-state index in [9.17, 15) is 29.5 Å². The van der Waals surface area contributed by atoms with Crippen LogP contribution < -0.4 is 16.0 Å². The maximum absolute atomic E-state index is 12.8. The number of benzene rings is 2. The van der Waals surface area contributed by atoms with Crippen molar-refractivity contribution in [2.24, 2.45) is 0 Å². The van der Waals surface area contributed by atoms with E-state index >= 15 is 0 Å². The Morgan fingerprint density at radius 2 is 1.63 bits per heavy atom. The SMILES string of the molecule is C.CCc1ccc(-c2ccc(C(=O)N[C@H](C(=O)NCCN(O)C(=O)NCCCN3CCCC3=O)[C@@H](C)O)cc2)cc1. The van der Waals surface area contributed by atoms with Gasteiger partial charge < -0.3 is 26.0 Å². The van der Waals surface area contributed by atoms with Crippen molar-refractivity contribution in [3.8, 4) is 11.1 Å². The summed E-state index contributed by atoms with van der Waals surface area (Å²) in [4.78, 5) is 50.8. The summed E-state index contributed by atoms with van der Waals surface area (Å²) in [6, 6.07) is 13.2. The Labute approximate surface area is 241 Å². The average Bonchev–Trinajstić information content (AvgIpc) is 3.37. The van der Waals surface area contributed by atoms with Gasteiger partial charge in [0.15, 0.2) is 0 Å². The van der Waals surface area contributed by atoms with Gasteiger partial charge in [0.2, 0.25) is 11.8 Å². The minimum Gasteiger partial charge on any atom is -0.391 e. The van der Waals surface area contributed by atoms with E-state index in [0.717, 1.165) is 30.5 Å². The number of carbonyl (C=O) groups is 4. The molecule has 11 nitrogen and oxygen atoms in total. The Bertz CT molecular complexity index is 1150. The number of nitrogens with one attached hydrogen (secondary N) is 3. The fraction of sp³-hybridized carbons (Fsp3) is 0.467. The Morgan fingerprint density at radius 3 is 2.20 bits per heavy atom. The summed E-state index contributed by atoms with van der Waals surface area (Å²) in [6.45, 7) is 4.73. The lowest BCUT2D eigenvalue weighted by molar-refractivity contribution is -0.128. The first kappa shape index (κ1) is 33.2. The maximum atomic E-state index is 12.8. The molecule has 0 unspecified atom stereocenters. The predicted octanol–water partition coefficient (Wildman–Crippen LogP) is 2.56. The first-order valence-electron chi connectivity index (χ1n) is 13.7. The smallest absolute Gasteiger partial charge is 0.341 e. The van der Waals surface area contributed by atoms with Gasteiger partial charge in [0.25, 0.3) is 5.91 Å². The van der Waals surface area contributed by atoms with Gasteiger partial charge in [-0.25, -0.2) is 9.86 Å². The minimum absolute atomic E-state index is 0. The zero-order valence-electron chi connectivity index (χ0n) is 23.1. The third-order valence-electron chi connectivity index (χ3n) is 6.80. The third-order valence-corrected chi connectivity index (χ3v) is 6.80. The van der Waals surface area contributed by atoms with Gasteiger partial charge in [0, 0.05) is 38.2 Å². The number of carbonyl (C=O) groups excluding carboxylic acids is 4. The van der Waals surface area contributed by atoms with Gasteiger partial charge in [-0.1, -0.05) is 50.7 Å². The first-order chi connectivity index (χ1) is 19.2. The Kier molecular flexibility index (Phi) is 13.2. The first-order valence-corrected chi connectivity index (χ1v) is 13.7. The summed E-state index contributed by atoms with van der Waals surface area (Å²) in [5, 5.41) is 28.1. The Morgan fingerprint density at radius 1 is 1.00 bits per heavy atom. The number of aryl methyl sites for hydroxylation is 1. The highest BCUT2D eigenvalue weighted by Crippen LogP contribution is 2.20. The molecule has 11 heteroatoms. The predicted molar refractivity (Wildman–Crippen MR) is 156 cm³/mol. The second-order valence-electron chi connectivity index (χ2n) is 9.80. The van der Waals surface area contributed by atoms with E-state index in [1.54, 1.807) is 17.0 Å². The zero-order chi connectivity index (χ0) is 29.1. The molecule has 1 aliphatic rings. The van der Waals surface area contributed by atoms with Crippen LogP contribution in [-0.4, -0.2) is 88.9 Å². The molecule has 2 aromatic rings. The van der Waals surface area contributed by atoms with Crippen LogP contribution in [0.3, 0.4) is 0 Å². The summed E-state index contributed by atoms with van der Waals surface area (Å²) in [5.41, 5.74) is 3.54. The highest BCUT2D eigenvalue weighted by atomic mass is 16.5. The fourth-order valence-electron chi connectivity index (χ4n) is 4.37. The van der Waals surface area contributed by atoms with Gasteiger partial charge in [0.1, 0.15) is 6.04 Å². The molecular formula is C30H43N5O6. The molecule has 2 aromatic carbocycles. The summed E-state index contributed by atoms with van der Waals surface area (Å²) in [7, 11) is 0. The van der Waals surface area contributed by atoms with Gasteiger partial charge in [0.05, 0.1) is 12.6 Å². The molecule has 41 heavy (non-hydrogen) atoms. The van der Waals surface area contributed by atoms with Gasteiger partial charge in [-0.3, -0.25) is 19.6 Å². The second-order valence-corrected chi connectivity index (χ2v) is 9.80. The largest absolute Gasteiger partial charge is 0.391 e. The second kappa shape index (κ2) is 16.3. The lowest BCUT2D eigenvalue weighted by Gasteiger charge is -2.22. The van der Waals surface area contributed by atoms with Crippen molar-refractivity contribution in [3.63, 3.8) is 0 Å². The van der Waals surface area contributed by atoms with E-state index in [-0.39, 0.29) is 33.0 Å². The van der Waals surface area contributed by atoms with E-state index in [4.69, 9.17) is 0 Å². The molecule has 0 radical (unpaired) electrons. The van der Waals surface area contributed by atoms with Gasteiger partial charge >= 0.3 is 6.03 Å². The fourth-order valence-corrected chi connectivity index (χ4v) is 4.37. The molecule has 1 saturated heterocycles. The average molecular weight is 570 g/mol. The topological polar surface area (TPSA) is 151 Å². The van der Waals surface area contributed by atoms with E-state index in [1.165, 1.54) is 12.5 Å². The summed E-state index contributed by atoms with van der Waals surface area (Å²) >= 11 is 0. The Balaban J connectivity index is 0.00000588. The van der Waals surface area contributed by atoms with Crippen LogP contribution in [0.25, 0.3) is 11.1 Å². The molecular weight excluding hydrogens is 526 g/mol. The molecule has 2 atom stereocenters. The van der Waals surface area contributed by atoms with Gasteiger partial charge in [-0.15, -0.1) is 0 Å². The Hall–Kier alpha value is -3.96. The van der Waals surface area contributed by atoms with E-state index in [2.05, 4.69) is 35.0 Å². The summed E-state index contributed by atoms with van der Waals surface area (Å²) in [5.74, 6) is -1.06. The highest BCUT2D eigenvalue weighted by molar-refractivity contribution is 5.98. The van der Waals surface area contributed by atoms with Crippen molar-refractivity contribution >= 4 is 23.8 Å². The van der Waals surface area contributed by atoms with Crippen LogP contribution in [0.2, 0.25) is 0 Å².